The van der Waals surface area contributed by atoms with E-state index in [1.807, 2.05) is 0 Å². The van der Waals surface area contributed by atoms with Crippen LogP contribution in [0.1, 0.15) is 71.6 Å². The summed E-state index contributed by atoms with van der Waals surface area (Å²) in [4.78, 5) is 14.4. The fourth-order valence-electron chi connectivity index (χ4n) is 3.59. The van der Waals surface area contributed by atoms with E-state index in [2.05, 4.69) is 18.7 Å². The maximum atomic E-state index is 11.7. The van der Waals surface area contributed by atoms with Crippen molar-refractivity contribution < 1.29 is 4.79 Å². The van der Waals surface area contributed by atoms with Crippen LogP contribution in [-0.2, 0) is 4.79 Å². The van der Waals surface area contributed by atoms with Crippen LogP contribution in [0.2, 0.25) is 0 Å². The minimum absolute atomic E-state index is 0.499. The van der Waals surface area contributed by atoms with Gasteiger partial charge in [0.1, 0.15) is 5.78 Å². The van der Waals surface area contributed by atoms with Crippen molar-refractivity contribution in [1.82, 2.24) is 4.90 Å². The third kappa shape index (κ3) is 3.81. The number of carbonyl (C=O) groups excluding carboxylic acids is 1. The lowest BCUT2D eigenvalue weighted by atomic mass is 9.91. The molecule has 1 unspecified atom stereocenters. The lowest BCUT2D eigenvalue weighted by molar-refractivity contribution is -0.122. The van der Waals surface area contributed by atoms with Crippen molar-refractivity contribution in [2.75, 3.05) is 6.54 Å². The molecular weight excluding hydrogens is 222 g/mol. The zero-order chi connectivity index (χ0) is 13.0. The summed E-state index contributed by atoms with van der Waals surface area (Å²) < 4.78 is 0. The van der Waals surface area contributed by atoms with Crippen molar-refractivity contribution in [3.8, 4) is 0 Å². The molecule has 0 N–H and O–H groups in total. The Morgan fingerprint density at radius 3 is 2.39 bits per heavy atom. The van der Waals surface area contributed by atoms with Gasteiger partial charge in [-0.1, -0.05) is 26.7 Å². The number of Topliss-reactive ketones (excluding diaryl/α,β-unsaturated/α-hetero) is 1. The van der Waals surface area contributed by atoms with E-state index in [4.69, 9.17) is 0 Å². The first-order chi connectivity index (χ1) is 8.66. The largest absolute Gasteiger partial charge is 0.300 e. The second-order valence-corrected chi connectivity index (χ2v) is 6.65. The number of hydrogen-bond donors (Lipinski definition) is 0. The van der Waals surface area contributed by atoms with Gasteiger partial charge in [-0.15, -0.1) is 0 Å². The summed E-state index contributed by atoms with van der Waals surface area (Å²) in [5.74, 6) is 1.27. The Kier molecular flexibility index (Phi) is 5.23. The second kappa shape index (κ2) is 6.70. The molecular formula is C16H29NO. The molecule has 0 amide bonds. The van der Waals surface area contributed by atoms with Crippen molar-refractivity contribution in [1.29, 1.82) is 0 Å². The van der Waals surface area contributed by atoms with Gasteiger partial charge in [0.15, 0.2) is 0 Å². The fourth-order valence-corrected chi connectivity index (χ4v) is 3.59. The van der Waals surface area contributed by atoms with Crippen LogP contribution in [0.3, 0.4) is 0 Å². The Morgan fingerprint density at radius 1 is 1.11 bits per heavy atom. The molecule has 0 bridgehead atoms. The van der Waals surface area contributed by atoms with Crippen LogP contribution in [-0.4, -0.2) is 29.3 Å². The predicted octanol–water partition coefficient (Wildman–Crippen LogP) is 3.79. The van der Waals surface area contributed by atoms with Gasteiger partial charge in [0.2, 0.25) is 0 Å². The summed E-state index contributed by atoms with van der Waals surface area (Å²) >= 11 is 0. The molecule has 18 heavy (non-hydrogen) atoms. The van der Waals surface area contributed by atoms with Gasteiger partial charge in [0.05, 0.1) is 0 Å². The molecule has 0 radical (unpaired) electrons. The van der Waals surface area contributed by atoms with Crippen molar-refractivity contribution in [2.24, 2.45) is 5.92 Å². The van der Waals surface area contributed by atoms with E-state index in [1.165, 1.54) is 45.1 Å². The lowest BCUT2D eigenvalue weighted by Crippen LogP contribution is -2.45. The Hall–Kier alpha value is -0.370. The minimum Gasteiger partial charge on any atom is -0.300 e. The Morgan fingerprint density at radius 2 is 1.78 bits per heavy atom. The summed E-state index contributed by atoms with van der Waals surface area (Å²) in [6.45, 7) is 5.82. The highest BCUT2D eigenvalue weighted by Gasteiger charge is 2.31. The van der Waals surface area contributed by atoms with Crippen molar-refractivity contribution in [3.63, 3.8) is 0 Å². The van der Waals surface area contributed by atoms with E-state index in [0.717, 1.165) is 31.2 Å². The van der Waals surface area contributed by atoms with Crippen LogP contribution in [0.15, 0.2) is 0 Å². The minimum atomic E-state index is 0.499. The molecule has 0 spiro atoms. The molecule has 0 aromatic heterocycles. The molecule has 0 heterocycles. The molecule has 2 fully saturated rings. The Bertz CT molecular complexity index is 268. The van der Waals surface area contributed by atoms with Crippen LogP contribution in [0.5, 0.6) is 0 Å². The molecule has 2 heteroatoms. The van der Waals surface area contributed by atoms with E-state index in [9.17, 15) is 4.79 Å². The summed E-state index contributed by atoms with van der Waals surface area (Å²) in [6, 6.07) is 1.34. The number of nitrogens with zero attached hydrogens (tertiary/aromatic N) is 1. The zero-order valence-electron chi connectivity index (χ0n) is 12.2. The van der Waals surface area contributed by atoms with E-state index in [0.29, 0.717) is 11.8 Å². The average Bonchev–Trinajstić information content (AvgIpc) is 2.83. The van der Waals surface area contributed by atoms with Gasteiger partial charge >= 0.3 is 0 Å². The number of carbonyl (C=O) groups is 1. The summed E-state index contributed by atoms with van der Waals surface area (Å²) in [5, 5.41) is 0. The quantitative estimate of drug-likeness (QED) is 0.741. The topological polar surface area (TPSA) is 20.3 Å². The summed E-state index contributed by atoms with van der Waals surface area (Å²) in [7, 11) is 0. The molecule has 2 nitrogen and oxygen atoms in total. The van der Waals surface area contributed by atoms with E-state index in [-0.39, 0.29) is 0 Å². The highest BCUT2D eigenvalue weighted by Crippen LogP contribution is 2.30. The molecule has 2 rings (SSSR count). The van der Waals surface area contributed by atoms with Crippen LogP contribution in [0, 0.1) is 5.92 Å². The first-order valence-electron chi connectivity index (χ1n) is 7.94. The van der Waals surface area contributed by atoms with Gasteiger partial charge in [-0.25, -0.2) is 0 Å². The second-order valence-electron chi connectivity index (χ2n) is 6.65. The van der Waals surface area contributed by atoms with Gasteiger partial charge < -0.3 is 0 Å². The molecule has 2 aliphatic carbocycles. The van der Waals surface area contributed by atoms with E-state index < -0.39 is 0 Å². The number of ketones is 1. The molecule has 104 valence electrons. The standard InChI is InChI=1S/C16H29NO/c1-13(2)10-11-17(14-6-3-4-7-14)15-8-5-9-16(18)12-15/h13-15H,3-12H2,1-2H3. The molecule has 2 aliphatic rings. The number of hydrogen-bond acceptors (Lipinski definition) is 2. The third-order valence-corrected chi connectivity index (χ3v) is 4.68. The molecule has 2 saturated carbocycles. The molecule has 0 aliphatic heterocycles. The van der Waals surface area contributed by atoms with Gasteiger partial charge in [0.25, 0.3) is 0 Å². The molecule has 0 aromatic carbocycles. The van der Waals surface area contributed by atoms with Crippen LogP contribution in [0.4, 0.5) is 0 Å². The highest BCUT2D eigenvalue weighted by atomic mass is 16.1. The number of rotatable bonds is 5. The first-order valence-corrected chi connectivity index (χ1v) is 7.94. The van der Waals surface area contributed by atoms with Gasteiger partial charge in [-0.3, -0.25) is 9.69 Å². The fraction of sp³-hybridized carbons (Fsp3) is 0.938. The molecule has 0 aromatic rings. The lowest BCUT2D eigenvalue weighted by Gasteiger charge is -2.38. The predicted molar refractivity (Wildman–Crippen MR) is 75.7 cm³/mol. The van der Waals surface area contributed by atoms with Crippen molar-refractivity contribution in [3.05, 3.63) is 0 Å². The SMILES string of the molecule is CC(C)CCN(C1CCCC1)C1CCCC(=O)C1. The van der Waals surface area contributed by atoms with Crippen LogP contribution < -0.4 is 0 Å². The first kappa shape index (κ1) is 14.0. The van der Waals surface area contributed by atoms with Gasteiger partial charge in [-0.05, 0) is 44.6 Å². The Balaban J connectivity index is 1.95. The maximum Gasteiger partial charge on any atom is 0.134 e. The zero-order valence-corrected chi connectivity index (χ0v) is 12.2. The van der Waals surface area contributed by atoms with E-state index >= 15 is 0 Å². The van der Waals surface area contributed by atoms with Crippen molar-refractivity contribution in [2.45, 2.75) is 83.7 Å². The highest BCUT2D eigenvalue weighted by molar-refractivity contribution is 5.79. The van der Waals surface area contributed by atoms with Crippen molar-refractivity contribution >= 4 is 5.78 Å². The smallest absolute Gasteiger partial charge is 0.134 e. The maximum absolute atomic E-state index is 11.7. The average molecular weight is 251 g/mol. The van der Waals surface area contributed by atoms with E-state index in [1.54, 1.807) is 0 Å². The normalized spacial score (nSPS) is 26.4. The van der Waals surface area contributed by atoms with Crippen LogP contribution in [0.25, 0.3) is 0 Å². The van der Waals surface area contributed by atoms with Gasteiger partial charge in [0, 0.05) is 24.9 Å². The third-order valence-electron chi connectivity index (χ3n) is 4.68. The van der Waals surface area contributed by atoms with Gasteiger partial charge in [-0.2, -0.15) is 0 Å². The molecule has 1 atom stereocenters. The summed E-state index contributed by atoms with van der Waals surface area (Å²) in [6.07, 6.45) is 10.8. The summed E-state index contributed by atoms with van der Waals surface area (Å²) in [5.41, 5.74) is 0. The van der Waals surface area contributed by atoms with Crippen LogP contribution >= 0.6 is 0 Å². The monoisotopic (exact) mass is 251 g/mol. The molecule has 0 saturated heterocycles. The Labute approximate surface area is 112 Å².